The summed E-state index contributed by atoms with van der Waals surface area (Å²) in [5.41, 5.74) is -0.256. The first kappa shape index (κ1) is 25.2. The maximum absolute atomic E-state index is 11.1. The zero-order valence-corrected chi connectivity index (χ0v) is 19.4. The van der Waals surface area contributed by atoms with Gasteiger partial charge in [-0.25, -0.2) is 0 Å². The summed E-state index contributed by atoms with van der Waals surface area (Å²) in [6, 6.07) is 3.03. The topological polar surface area (TPSA) is 110 Å². The highest BCUT2D eigenvalue weighted by atomic mass is 16.5. The Morgan fingerprint density at radius 2 is 1.10 bits per heavy atom. The number of hydrogen-bond donors (Lipinski definition) is 2. The minimum Gasteiger partial charge on any atom is -0.384 e. The molecule has 8 heteroatoms. The molecule has 0 amide bonds. The van der Waals surface area contributed by atoms with E-state index >= 15 is 0 Å². The molecule has 176 valence electrons. The Morgan fingerprint density at radius 1 is 0.710 bits per heavy atom. The highest BCUT2D eigenvalue weighted by molar-refractivity contribution is 4.98. The van der Waals surface area contributed by atoms with E-state index in [0.29, 0.717) is 24.7 Å². The summed E-state index contributed by atoms with van der Waals surface area (Å²) >= 11 is 0. The minimum absolute atomic E-state index is 0.0604. The van der Waals surface area contributed by atoms with Crippen molar-refractivity contribution in [3.05, 3.63) is 44.4 Å². The van der Waals surface area contributed by atoms with Crippen molar-refractivity contribution >= 4 is 0 Å². The van der Waals surface area contributed by atoms with Gasteiger partial charge in [0, 0.05) is 51.4 Å². The summed E-state index contributed by atoms with van der Waals surface area (Å²) < 4.78 is 21.7. The zero-order chi connectivity index (χ0) is 22.7. The van der Waals surface area contributed by atoms with Crippen molar-refractivity contribution in [1.82, 2.24) is 10.3 Å². The van der Waals surface area contributed by atoms with Crippen molar-refractivity contribution in [3.8, 4) is 0 Å². The quantitative estimate of drug-likeness (QED) is 0.382. The summed E-state index contributed by atoms with van der Waals surface area (Å²) in [4.78, 5) is 22.3. The lowest BCUT2D eigenvalue weighted by Gasteiger charge is -2.23. The molecule has 0 aliphatic carbocycles. The normalized spacial score (nSPS) is 12.5. The molecule has 0 saturated carbocycles. The number of H-pyrrole nitrogens is 2. The first-order valence-corrected chi connectivity index (χ1v) is 11.2. The molecule has 0 aromatic carbocycles. The summed E-state index contributed by atoms with van der Waals surface area (Å²) in [7, 11) is 0. The Kier molecular flexibility index (Phi) is 9.84. The van der Waals surface area contributed by atoms with Crippen LogP contribution in [-0.2, 0) is 22.3 Å². The molecule has 31 heavy (non-hydrogen) atoms. The Balaban J connectivity index is 1.43. The predicted octanol–water partition coefficient (Wildman–Crippen LogP) is 4.07. The SMILES string of the molecule is CC(C)(CCCOCCCOCCCC(C)(C)Cc1cc(=O)[nH]o1)Cc1cc(=O)[nH]o1. The molecule has 0 fully saturated rings. The molecule has 0 aliphatic rings. The summed E-state index contributed by atoms with van der Waals surface area (Å²) in [6.07, 6.45) is 6.29. The van der Waals surface area contributed by atoms with Crippen molar-refractivity contribution in [1.29, 1.82) is 0 Å². The number of aromatic amines is 2. The predicted molar refractivity (Wildman–Crippen MR) is 118 cm³/mol. The van der Waals surface area contributed by atoms with Gasteiger partial charge < -0.3 is 18.5 Å². The van der Waals surface area contributed by atoms with Crippen LogP contribution < -0.4 is 11.1 Å². The average molecular weight is 439 g/mol. The van der Waals surface area contributed by atoms with Gasteiger partial charge in [-0.1, -0.05) is 27.7 Å². The van der Waals surface area contributed by atoms with Gasteiger partial charge in [0.05, 0.1) is 0 Å². The lowest BCUT2D eigenvalue weighted by molar-refractivity contribution is 0.0731. The van der Waals surface area contributed by atoms with E-state index in [1.807, 2.05) is 0 Å². The van der Waals surface area contributed by atoms with Gasteiger partial charge in [-0.05, 0) is 42.9 Å². The third kappa shape index (κ3) is 10.7. The van der Waals surface area contributed by atoms with E-state index in [9.17, 15) is 9.59 Å². The molecule has 0 unspecified atom stereocenters. The molecule has 0 atom stereocenters. The lowest BCUT2D eigenvalue weighted by Crippen LogP contribution is -2.16. The standard InChI is InChI=1S/C23H38N2O6/c1-22(2,16-18-14-20(26)24-30-18)8-5-10-28-12-7-13-29-11-6-9-23(3,4)17-19-15-21(27)25-31-19/h14-15H,5-13,16-17H2,1-4H3,(H,24,26)(H,25,27). The second-order valence-corrected chi connectivity index (χ2v) is 9.83. The van der Waals surface area contributed by atoms with Crippen LogP contribution in [0.4, 0.5) is 0 Å². The molecule has 2 aromatic heterocycles. The molecule has 0 saturated heterocycles. The summed E-state index contributed by atoms with van der Waals surface area (Å²) in [5.74, 6) is 1.40. The van der Waals surface area contributed by atoms with Gasteiger partial charge >= 0.3 is 0 Å². The highest BCUT2D eigenvalue weighted by Gasteiger charge is 2.21. The number of aromatic nitrogens is 2. The van der Waals surface area contributed by atoms with Gasteiger partial charge in [0.2, 0.25) is 0 Å². The van der Waals surface area contributed by atoms with Crippen molar-refractivity contribution in [2.24, 2.45) is 10.8 Å². The summed E-state index contributed by atoms with van der Waals surface area (Å²) in [5, 5.41) is 4.67. The maximum Gasteiger partial charge on any atom is 0.280 e. The van der Waals surface area contributed by atoms with E-state index < -0.39 is 0 Å². The molecule has 2 heterocycles. The van der Waals surface area contributed by atoms with E-state index in [-0.39, 0.29) is 21.9 Å². The highest BCUT2D eigenvalue weighted by Crippen LogP contribution is 2.27. The molecule has 0 radical (unpaired) electrons. The second kappa shape index (κ2) is 12.1. The van der Waals surface area contributed by atoms with Gasteiger partial charge in [0.1, 0.15) is 11.5 Å². The van der Waals surface area contributed by atoms with Crippen molar-refractivity contribution in [3.63, 3.8) is 0 Å². The van der Waals surface area contributed by atoms with Crippen LogP contribution in [0.1, 0.15) is 71.3 Å². The number of rotatable bonds is 16. The third-order valence-electron chi connectivity index (χ3n) is 5.32. The molecular weight excluding hydrogens is 400 g/mol. The molecule has 8 nitrogen and oxygen atoms in total. The van der Waals surface area contributed by atoms with E-state index in [4.69, 9.17) is 18.5 Å². The smallest absolute Gasteiger partial charge is 0.280 e. The molecule has 2 aromatic rings. The first-order valence-electron chi connectivity index (χ1n) is 11.2. The maximum atomic E-state index is 11.1. The second-order valence-electron chi connectivity index (χ2n) is 9.83. The number of nitrogens with one attached hydrogen (secondary N) is 2. The van der Waals surface area contributed by atoms with Gasteiger partial charge in [0.15, 0.2) is 0 Å². The van der Waals surface area contributed by atoms with Crippen molar-refractivity contribution in [2.75, 3.05) is 26.4 Å². The van der Waals surface area contributed by atoms with Crippen LogP contribution in [0.25, 0.3) is 0 Å². The molecular formula is C23H38N2O6. The molecule has 2 rings (SSSR count). The van der Waals surface area contributed by atoms with E-state index in [1.165, 1.54) is 12.1 Å². The summed E-state index contributed by atoms with van der Waals surface area (Å²) in [6.45, 7) is 11.5. The zero-order valence-electron chi connectivity index (χ0n) is 19.4. The average Bonchev–Trinajstić information content (AvgIpc) is 3.26. The van der Waals surface area contributed by atoms with Crippen LogP contribution >= 0.6 is 0 Å². The number of hydrogen-bond acceptors (Lipinski definition) is 6. The van der Waals surface area contributed by atoms with Crippen molar-refractivity contribution in [2.45, 2.75) is 72.6 Å². The largest absolute Gasteiger partial charge is 0.384 e. The molecule has 0 spiro atoms. The van der Waals surface area contributed by atoms with Crippen LogP contribution in [0.5, 0.6) is 0 Å². The fourth-order valence-corrected chi connectivity index (χ4v) is 3.71. The van der Waals surface area contributed by atoms with Gasteiger partial charge in [-0.3, -0.25) is 9.59 Å². The van der Waals surface area contributed by atoms with Crippen LogP contribution in [0.3, 0.4) is 0 Å². The Labute approximate surface area is 183 Å². The van der Waals surface area contributed by atoms with E-state index in [1.54, 1.807) is 0 Å². The monoisotopic (exact) mass is 438 g/mol. The van der Waals surface area contributed by atoms with Gasteiger partial charge in [-0.2, -0.15) is 10.3 Å². The van der Waals surface area contributed by atoms with Crippen LogP contribution in [0, 0.1) is 10.8 Å². The third-order valence-corrected chi connectivity index (χ3v) is 5.32. The lowest BCUT2D eigenvalue weighted by atomic mass is 9.83. The molecule has 0 aliphatic heterocycles. The van der Waals surface area contributed by atoms with Crippen LogP contribution in [0.2, 0.25) is 0 Å². The van der Waals surface area contributed by atoms with Crippen molar-refractivity contribution < 1.29 is 18.5 Å². The van der Waals surface area contributed by atoms with E-state index in [0.717, 1.165) is 58.2 Å². The Bertz CT molecular complexity index is 787. The minimum atomic E-state index is -0.188. The first-order chi connectivity index (χ1) is 14.7. The van der Waals surface area contributed by atoms with Gasteiger partial charge in [-0.15, -0.1) is 0 Å². The molecule has 2 N–H and O–H groups in total. The van der Waals surface area contributed by atoms with E-state index in [2.05, 4.69) is 38.0 Å². The van der Waals surface area contributed by atoms with Crippen LogP contribution in [-0.4, -0.2) is 36.7 Å². The van der Waals surface area contributed by atoms with Gasteiger partial charge in [0.25, 0.3) is 11.1 Å². The fraction of sp³-hybridized carbons (Fsp3) is 0.739. The Hall–Kier alpha value is -2.06. The van der Waals surface area contributed by atoms with Crippen LogP contribution in [0.15, 0.2) is 30.8 Å². The number of ether oxygens (including phenoxy) is 2. The fourth-order valence-electron chi connectivity index (χ4n) is 3.71. The molecule has 0 bridgehead atoms. The Morgan fingerprint density at radius 3 is 1.45 bits per heavy atom.